The Balaban J connectivity index is 2.38. The van der Waals surface area contributed by atoms with Crippen molar-refractivity contribution >= 4 is 17.2 Å². The van der Waals surface area contributed by atoms with Gasteiger partial charge in [-0.3, -0.25) is 0 Å². The summed E-state index contributed by atoms with van der Waals surface area (Å²) in [7, 11) is 0. The lowest BCUT2D eigenvalue weighted by Gasteiger charge is -2.16. The third kappa shape index (κ3) is 3.14. The number of hydrogen-bond donors (Lipinski definition) is 1. The van der Waals surface area contributed by atoms with Gasteiger partial charge in [0.1, 0.15) is 10.7 Å². The minimum atomic E-state index is 0.286. The van der Waals surface area contributed by atoms with Crippen LogP contribution in [0.5, 0.6) is 11.6 Å². The van der Waals surface area contributed by atoms with Gasteiger partial charge in [-0.1, -0.05) is 44.3 Å². The summed E-state index contributed by atoms with van der Waals surface area (Å²) in [6.07, 6.45) is 2.72. The van der Waals surface area contributed by atoms with E-state index in [-0.39, 0.29) is 4.99 Å². The van der Waals surface area contributed by atoms with E-state index in [9.17, 15) is 0 Å². The first-order valence-corrected chi connectivity index (χ1v) is 7.06. The molecule has 1 aromatic heterocycles. The summed E-state index contributed by atoms with van der Waals surface area (Å²) in [6, 6.07) is 11.6. The summed E-state index contributed by atoms with van der Waals surface area (Å²) in [5.41, 5.74) is 7.52. The second-order valence-electron chi connectivity index (χ2n) is 4.67. The van der Waals surface area contributed by atoms with E-state index in [2.05, 4.69) is 24.9 Å². The Hall–Kier alpha value is -1.94. The molecule has 0 saturated heterocycles. The Labute approximate surface area is 124 Å². The van der Waals surface area contributed by atoms with Gasteiger partial charge in [-0.05, 0) is 36.1 Å². The van der Waals surface area contributed by atoms with E-state index in [1.807, 2.05) is 24.3 Å². The lowest BCUT2D eigenvalue weighted by atomic mass is 9.98. The highest BCUT2D eigenvalue weighted by atomic mass is 32.1. The van der Waals surface area contributed by atoms with E-state index in [1.54, 1.807) is 12.3 Å². The standard InChI is InChI=1S/C16H18N2OS/c1-3-11(2)12-7-4-5-9-14(12)19-16-13(15(17)20)8-6-10-18-16/h4-11H,3H2,1-2H3,(H2,17,20). The molecule has 104 valence electrons. The van der Waals surface area contributed by atoms with Crippen LogP contribution in [0.3, 0.4) is 0 Å². The van der Waals surface area contributed by atoms with Gasteiger partial charge in [-0.25, -0.2) is 4.98 Å². The van der Waals surface area contributed by atoms with E-state index in [0.717, 1.165) is 17.7 Å². The largest absolute Gasteiger partial charge is 0.438 e. The number of rotatable bonds is 5. The van der Waals surface area contributed by atoms with Crippen molar-refractivity contribution in [3.05, 3.63) is 53.7 Å². The summed E-state index contributed by atoms with van der Waals surface area (Å²) in [5.74, 6) is 1.68. The molecule has 3 nitrogen and oxygen atoms in total. The Kier molecular flexibility index (Phi) is 4.69. The highest BCUT2D eigenvalue weighted by Crippen LogP contribution is 2.32. The lowest BCUT2D eigenvalue weighted by molar-refractivity contribution is 0.451. The third-order valence-corrected chi connectivity index (χ3v) is 3.53. The SMILES string of the molecule is CCC(C)c1ccccc1Oc1ncccc1C(N)=S. The van der Waals surface area contributed by atoms with Crippen LogP contribution in [0.2, 0.25) is 0 Å². The summed E-state index contributed by atoms with van der Waals surface area (Å²) < 4.78 is 5.95. The average Bonchev–Trinajstić information content (AvgIpc) is 2.47. The zero-order valence-corrected chi connectivity index (χ0v) is 12.5. The van der Waals surface area contributed by atoms with E-state index in [1.165, 1.54) is 0 Å². The van der Waals surface area contributed by atoms with Crippen LogP contribution in [0.4, 0.5) is 0 Å². The highest BCUT2D eigenvalue weighted by molar-refractivity contribution is 7.80. The maximum absolute atomic E-state index is 5.95. The second-order valence-corrected chi connectivity index (χ2v) is 5.11. The van der Waals surface area contributed by atoms with Gasteiger partial charge >= 0.3 is 0 Å². The maximum atomic E-state index is 5.95. The van der Waals surface area contributed by atoms with Gasteiger partial charge in [0.2, 0.25) is 5.88 Å². The lowest BCUT2D eigenvalue weighted by Crippen LogP contribution is -2.11. The number of ether oxygens (including phenoxy) is 1. The Bertz CT molecular complexity index is 613. The molecule has 1 heterocycles. The van der Waals surface area contributed by atoms with E-state index in [0.29, 0.717) is 17.4 Å². The number of thiocarbonyl (C=S) groups is 1. The molecule has 1 atom stereocenters. The number of nitrogens with two attached hydrogens (primary N) is 1. The smallest absolute Gasteiger partial charge is 0.229 e. The van der Waals surface area contributed by atoms with Gasteiger partial charge < -0.3 is 10.5 Å². The van der Waals surface area contributed by atoms with Crippen molar-refractivity contribution in [1.29, 1.82) is 0 Å². The summed E-state index contributed by atoms with van der Waals surface area (Å²) in [6.45, 7) is 4.33. The third-order valence-electron chi connectivity index (χ3n) is 3.31. The molecule has 20 heavy (non-hydrogen) atoms. The molecule has 2 aromatic rings. The number of para-hydroxylation sites is 1. The van der Waals surface area contributed by atoms with Crippen LogP contribution < -0.4 is 10.5 Å². The van der Waals surface area contributed by atoms with Crippen LogP contribution in [0.1, 0.15) is 37.3 Å². The van der Waals surface area contributed by atoms with Crippen LogP contribution in [0.25, 0.3) is 0 Å². The predicted octanol–water partition coefficient (Wildman–Crippen LogP) is 4.02. The minimum absolute atomic E-state index is 0.286. The van der Waals surface area contributed by atoms with Crippen molar-refractivity contribution in [3.63, 3.8) is 0 Å². The van der Waals surface area contributed by atoms with Crippen molar-refractivity contribution < 1.29 is 4.74 Å². The molecular weight excluding hydrogens is 268 g/mol. The average molecular weight is 286 g/mol. The van der Waals surface area contributed by atoms with Gasteiger partial charge in [-0.2, -0.15) is 0 Å². The van der Waals surface area contributed by atoms with Crippen molar-refractivity contribution in [1.82, 2.24) is 4.98 Å². The normalized spacial score (nSPS) is 11.9. The van der Waals surface area contributed by atoms with Crippen LogP contribution in [-0.2, 0) is 0 Å². The van der Waals surface area contributed by atoms with Gasteiger partial charge in [0.05, 0.1) is 5.56 Å². The fraction of sp³-hybridized carbons (Fsp3) is 0.250. The van der Waals surface area contributed by atoms with E-state index >= 15 is 0 Å². The molecule has 0 aliphatic carbocycles. The van der Waals surface area contributed by atoms with E-state index in [4.69, 9.17) is 22.7 Å². The first kappa shape index (κ1) is 14.5. The van der Waals surface area contributed by atoms with Crippen LogP contribution in [0, 0.1) is 0 Å². The number of nitrogens with zero attached hydrogens (tertiary/aromatic N) is 1. The fourth-order valence-electron chi connectivity index (χ4n) is 1.96. The molecular formula is C16H18N2OS. The van der Waals surface area contributed by atoms with Gasteiger partial charge in [0.25, 0.3) is 0 Å². The number of benzene rings is 1. The van der Waals surface area contributed by atoms with Crippen molar-refractivity contribution in [2.24, 2.45) is 5.73 Å². The topological polar surface area (TPSA) is 48.1 Å². The molecule has 1 unspecified atom stereocenters. The maximum Gasteiger partial charge on any atom is 0.229 e. The Morgan fingerprint density at radius 1 is 1.30 bits per heavy atom. The highest BCUT2D eigenvalue weighted by Gasteiger charge is 2.13. The number of aromatic nitrogens is 1. The fourth-order valence-corrected chi connectivity index (χ4v) is 2.12. The molecule has 0 amide bonds. The zero-order chi connectivity index (χ0) is 14.5. The van der Waals surface area contributed by atoms with Gasteiger partial charge in [-0.15, -0.1) is 0 Å². The molecule has 0 aliphatic rings. The quantitative estimate of drug-likeness (QED) is 0.843. The summed E-state index contributed by atoms with van der Waals surface area (Å²) in [4.78, 5) is 4.52. The molecule has 0 aliphatic heterocycles. The first-order chi connectivity index (χ1) is 9.63. The molecule has 2 N–H and O–H groups in total. The zero-order valence-electron chi connectivity index (χ0n) is 11.7. The van der Waals surface area contributed by atoms with Crippen LogP contribution in [-0.4, -0.2) is 9.97 Å². The molecule has 2 rings (SSSR count). The molecule has 1 aromatic carbocycles. The van der Waals surface area contributed by atoms with Crippen LogP contribution in [0.15, 0.2) is 42.6 Å². The summed E-state index contributed by atoms with van der Waals surface area (Å²) >= 11 is 5.03. The number of hydrogen-bond acceptors (Lipinski definition) is 3. The molecule has 0 bridgehead atoms. The van der Waals surface area contributed by atoms with Gasteiger partial charge in [0.15, 0.2) is 0 Å². The molecule has 0 spiro atoms. The van der Waals surface area contributed by atoms with Crippen molar-refractivity contribution in [2.45, 2.75) is 26.2 Å². The molecule has 0 saturated carbocycles. The van der Waals surface area contributed by atoms with E-state index < -0.39 is 0 Å². The monoisotopic (exact) mass is 286 g/mol. The summed E-state index contributed by atoms with van der Waals surface area (Å²) in [5, 5.41) is 0. The second kappa shape index (κ2) is 6.48. The van der Waals surface area contributed by atoms with Crippen molar-refractivity contribution in [3.8, 4) is 11.6 Å². The Morgan fingerprint density at radius 2 is 2.05 bits per heavy atom. The van der Waals surface area contributed by atoms with Crippen LogP contribution >= 0.6 is 12.2 Å². The Morgan fingerprint density at radius 3 is 2.75 bits per heavy atom. The molecule has 4 heteroatoms. The minimum Gasteiger partial charge on any atom is -0.438 e. The van der Waals surface area contributed by atoms with Gasteiger partial charge in [0, 0.05) is 6.20 Å². The predicted molar refractivity (Wildman–Crippen MR) is 85.3 cm³/mol. The molecule has 0 radical (unpaired) electrons. The molecule has 0 fully saturated rings. The first-order valence-electron chi connectivity index (χ1n) is 6.65. The van der Waals surface area contributed by atoms with Crippen molar-refractivity contribution in [2.75, 3.05) is 0 Å². The number of pyridine rings is 1.